The number of hydrogen-bond donors (Lipinski definition) is 0. The van der Waals surface area contributed by atoms with Gasteiger partial charge in [-0.05, 0) is 12.1 Å². The van der Waals surface area contributed by atoms with Crippen LogP contribution in [-0.2, 0) is 9.53 Å². The maximum Gasteiger partial charge on any atom is 0.342 e. The molecule has 0 amide bonds. The van der Waals surface area contributed by atoms with Crippen LogP contribution in [0.5, 0.6) is 5.75 Å². The highest BCUT2D eigenvalue weighted by Crippen LogP contribution is 2.19. The Labute approximate surface area is 124 Å². The number of carbonyl (C=O) groups is 2. The second kappa shape index (κ2) is 7.08. The first-order valence-electron chi connectivity index (χ1n) is 6.57. The highest BCUT2D eigenvalue weighted by molar-refractivity contribution is 5.92. The summed E-state index contributed by atoms with van der Waals surface area (Å²) in [5, 5.41) is 10.8. The molecule has 6 nitrogen and oxygen atoms in total. The van der Waals surface area contributed by atoms with E-state index >= 15 is 0 Å². The van der Waals surface area contributed by atoms with Crippen LogP contribution in [0.1, 0.15) is 16.8 Å². The van der Waals surface area contributed by atoms with Gasteiger partial charge in [0.1, 0.15) is 17.9 Å². The van der Waals surface area contributed by atoms with Crippen molar-refractivity contribution < 1.29 is 28.7 Å². The smallest absolute Gasteiger partial charge is 0.342 e. The van der Waals surface area contributed by atoms with Gasteiger partial charge in [-0.3, -0.25) is 0 Å². The van der Waals surface area contributed by atoms with E-state index in [2.05, 4.69) is 0 Å². The second-order valence-electron chi connectivity index (χ2n) is 5.78. The number of hydrogen-bond acceptors (Lipinski definition) is 5. The Morgan fingerprint density at radius 2 is 1.86 bits per heavy atom. The van der Waals surface area contributed by atoms with Crippen LogP contribution in [0.2, 0.25) is 0 Å². The van der Waals surface area contributed by atoms with Gasteiger partial charge in [0.05, 0.1) is 28.3 Å². The van der Waals surface area contributed by atoms with Crippen molar-refractivity contribution >= 4 is 11.9 Å². The topological polar surface area (TPSA) is 75.7 Å². The lowest BCUT2D eigenvalue weighted by atomic mass is 10.2. The van der Waals surface area contributed by atoms with Crippen LogP contribution >= 0.6 is 0 Å². The number of carbonyl (C=O) groups excluding carboxylic acids is 2. The summed E-state index contributed by atoms with van der Waals surface area (Å²) in [6.45, 7) is 0.370. The molecule has 1 atom stereocenters. The van der Waals surface area contributed by atoms with Crippen LogP contribution in [0.15, 0.2) is 24.3 Å². The van der Waals surface area contributed by atoms with E-state index in [9.17, 15) is 14.7 Å². The molecule has 0 fully saturated rings. The molecule has 0 heterocycles. The summed E-state index contributed by atoms with van der Waals surface area (Å²) in [5.41, 5.74) is 0.268. The summed E-state index contributed by atoms with van der Waals surface area (Å²) in [5.74, 6) is -1.46. The summed E-state index contributed by atoms with van der Waals surface area (Å²) in [6.07, 6.45) is -1.09. The third-order valence-corrected chi connectivity index (χ3v) is 2.75. The first-order chi connectivity index (χ1) is 9.73. The zero-order chi connectivity index (χ0) is 16.0. The van der Waals surface area contributed by atoms with Crippen LogP contribution in [0.4, 0.5) is 0 Å². The summed E-state index contributed by atoms with van der Waals surface area (Å²) in [7, 11) is 7.12. The van der Waals surface area contributed by atoms with Gasteiger partial charge in [-0.25, -0.2) is 4.79 Å². The number of carboxylic acid groups (broad SMARTS) is 1. The lowest BCUT2D eigenvalue weighted by Gasteiger charge is -2.29. The molecule has 0 aliphatic rings. The zero-order valence-corrected chi connectivity index (χ0v) is 12.8. The standard InChI is InChI=1S/C15H21NO5/c1-16(2,3)10-11(9-14(17)18)21-15(19)12-7-5-6-8-13(12)20-4/h5-8,11H,9-10H2,1-4H3. The molecule has 0 saturated heterocycles. The Kier molecular flexibility index (Phi) is 5.72. The van der Waals surface area contributed by atoms with Crippen LogP contribution in [0.25, 0.3) is 0 Å². The minimum Gasteiger partial charge on any atom is -0.550 e. The van der Waals surface area contributed by atoms with E-state index in [1.54, 1.807) is 24.3 Å². The van der Waals surface area contributed by atoms with Crippen LogP contribution in [0.3, 0.4) is 0 Å². The number of methoxy groups -OCH3 is 1. The maximum absolute atomic E-state index is 12.2. The van der Waals surface area contributed by atoms with Gasteiger partial charge in [0.15, 0.2) is 6.10 Å². The van der Waals surface area contributed by atoms with Crippen LogP contribution in [0, 0.1) is 0 Å². The number of likely N-dealkylation sites (N-methyl/N-ethyl adjacent to an activating group) is 1. The van der Waals surface area contributed by atoms with E-state index in [0.29, 0.717) is 16.8 Å². The average Bonchev–Trinajstić information content (AvgIpc) is 2.35. The van der Waals surface area contributed by atoms with Gasteiger partial charge in [0.25, 0.3) is 0 Å². The van der Waals surface area contributed by atoms with Gasteiger partial charge in [-0.15, -0.1) is 0 Å². The van der Waals surface area contributed by atoms with Crippen molar-refractivity contribution in [2.45, 2.75) is 12.5 Å². The molecular formula is C15H21NO5. The van der Waals surface area contributed by atoms with Crippen molar-refractivity contribution in [1.82, 2.24) is 0 Å². The lowest BCUT2D eigenvalue weighted by molar-refractivity contribution is -0.873. The van der Waals surface area contributed by atoms with Crippen molar-refractivity contribution in [3.8, 4) is 5.75 Å². The van der Waals surface area contributed by atoms with Gasteiger partial charge in [0.2, 0.25) is 0 Å². The maximum atomic E-state index is 12.2. The quantitative estimate of drug-likeness (QED) is 0.525. The van der Waals surface area contributed by atoms with Crippen molar-refractivity contribution in [2.75, 3.05) is 34.8 Å². The fraction of sp³-hybridized carbons (Fsp3) is 0.467. The lowest BCUT2D eigenvalue weighted by Crippen LogP contribution is -2.45. The number of rotatable bonds is 7. The highest BCUT2D eigenvalue weighted by atomic mass is 16.5. The van der Waals surface area contributed by atoms with E-state index in [4.69, 9.17) is 9.47 Å². The molecule has 1 aromatic carbocycles. The van der Waals surface area contributed by atoms with E-state index < -0.39 is 18.0 Å². The van der Waals surface area contributed by atoms with E-state index in [1.165, 1.54) is 7.11 Å². The van der Waals surface area contributed by atoms with Gasteiger partial charge in [0, 0.05) is 12.4 Å². The number of aliphatic carboxylic acids is 1. The van der Waals surface area contributed by atoms with Crippen LogP contribution in [-0.4, -0.2) is 57.3 Å². The number of benzene rings is 1. The summed E-state index contributed by atoms with van der Waals surface area (Å²) in [4.78, 5) is 23.0. The third kappa shape index (κ3) is 5.83. The normalized spacial score (nSPS) is 12.6. The molecule has 1 aromatic rings. The molecule has 0 aromatic heterocycles. The Hall–Kier alpha value is -2.08. The van der Waals surface area contributed by atoms with Gasteiger partial charge >= 0.3 is 5.97 Å². The van der Waals surface area contributed by atoms with Gasteiger partial charge in [-0.1, -0.05) is 12.1 Å². The van der Waals surface area contributed by atoms with E-state index in [-0.39, 0.29) is 12.0 Å². The minimum atomic E-state index is -1.25. The monoisotopic (exact) mass is 295 g/mol. The van der Waals surface area contributed by atoms with Crippen LogP contribution < -0.4 is 9.84 Å². The van der Waals surface area contributed by atoms with Crippen molar-refractivity contribution in [3.05, 3.63) is 29.8 Å². The van der Waals surface area contributed by atoms with Gasteiger partial charge < -0.3 is 23.9 Å². The molecule has 6 heteroatoms. The number of nitrogens with zero attached hydrogens (tertiary/aromatic N) is 1. The summed E-state index contributed by atoms with van der Waals surface area (Å²) in [6, 6.07) is 6.64. The molecule has 0 aliphatic carbocycles. The SMILES string of the molecule is COc1ccccc1C(=O)OC(CC(=O)[O-])C[N+](C)(C)C. The molecule has 1 unspecified atom stereocenters. The number of para-hydroxylation sites is 1. The Morgan fingerprint density at radius 1 is 1.24 bits per heavy atom. The number of ether oxygens (including phenoxy) is 2. The fourth-order valence-corrected chi connectivity index (χ4v) is 1.97. The first-order valence-corrected chi connectivity index (χ1v) is 6.57. The molecule has 116 valence electrons. The second-order valence-corrected chi connectivity index (χ2v) is 5.78. The van der Waals surface area contributed by atoms with Crippen molar-refractivity contribution in [3.63, 3.8) is 0 Å². The largest absolute Gasteiger partial charge is 0.550 e. The Morgan fingerprint density at radius 3 is 2.38 bits per heavy atom. The number of quaternary nitrogens is 1. The predicted octanol–water partition coefficient (Wildman–Crippen LogP) is 0.0668. The minimum absolute atomic E-state index is 0.268. The highest BCUT2D eigenvalue weighted by Gasteiger charge is 2.24. The van der Waals surface area contributed by atoms with E-state index in [0.717, 1.165) is 0 Å². The first kappa shape index (κ1) is 17.0. The molecule has 0 aliphatic heterocycles. The fourth-order valence-electron chi connectivity index (χ4n) is 1.97. The zero-order valence-electron chi connectivity index (χ0n) is 12.8. The molecule has 0 saturated carbocycles. The number of esters is 1. The predicted molar refractivity (Wildman–Crippen MR) is 74.7 cm³/mol. The summed E-state index contributed by atoms with van der Waals surface area (Å²) < 4.78 is 10.9. The van der Waals surface area contributed by atoms with Gasteiger partial charge in [-0.2, -0.15) is 0 Å². The molecular weight excluding hydrogens is 274 g/mol. The summed E-state index contributed by atoms with van der Waals surface area (Å²) >= 11 is 0. The molecule has 0 bridgehead atoms. The molecule has 0 spiro atoms. The average molecular weight is 295 g/mol. The molecule has 0 radical (unpaired) electrons. The Balaban J connectivity index is 2.86. The molecule has 1 rings (SSSR count). The third-order valence-electron chi connectivity index (χ3n) is 2.75. The van der Waals surface area contributed by atoms with E-state index in [1.807, 2.05) is 21.1 Å². The number of carboxylic acids is 1. The van der Waals surface area contributed by atoms with Crippen molar-refractivity contribution in [2.24, 2.45) is 0 Å². The van der Waals surface area contributed by atoms with Crippen molar-refractivity contribution in [1.29, 1.82) is 0 Å². The molecule has 21 heavy (non-hydrogen) atoms. The molecule has 0 N–H and O–H groups in total. The Bertz CT molecular complexity index is 507.